The Hall–Kier alpha value is -1.30. The van der Waals surface area contributed by atoms with Crippen LogP contribution >= 0.6 is 0 Å². The van der Waals surface area contributed by atoms with Crippen molar-refractivity contribution in [2.45, 2.75) is 71.4 Å². The minimum atomic E-state index is -0.208. The van der Waals surface area contributed by atoms with Crippen LogP contribution in [0.2, 0.25) is 0 Å². The highest BCUT2D eigenvalue weighted by molar-refractivity contribution is 5.81. The molecular formula is C15H33N5O. The Kier molecular flexibility index (Phi) is 9.78. The van der Waals surface area contributed by atoms with E-state index in [0.29, 0.717) is 6.54 Å². The van der Waals surface area contributed by atoms with Crippen LogP contribution in [0.3, 0.4) is 0 Å². The molecule has 0 bridgehead atoms. The monoisotopic (exact) mass is 299 g/mol. The van der Waals surface area contributed by atoms with E-state index in [2.05, 4.69) is 43.6 Å². The molecular weight excluding hydrogens is 266 g/mol. The number of unbranched alkanes of at least 4 members (excludes halogenated alkanes) is 2. The van der Waals surface area contributed by atoms with Gasteiger partial charge in [-0.1, -0.05) is 19.8 Å². The maximum atomic E-state index is 12.3. The maximum absolute atomic E-state index is 12.3. The second-order valence-corrected chi connectivity index (χ2v) is 6.43. The summed E-state index contributed by atoms with van der Waals surface area (Å²) in [5.41, 5.74) is 5.13. The van der Waals surface area contributed by atoms with Crippen molar-refractivity contribution >= 4 is 11.9 Å². The molecule has 0 aromatic heterocycles. The van der Waals surface area contributed by atoms with E-state index in [1.54, 1.807) is 0 Å². The minimum absolute atomic E-state index is 0.0284. The van der Waals surface area contributed by atoms with Crippen LogP contribution in [-0.4, -0.2) is 36.5 Å². The molecule has 6 nitrogen and oxygen atoms in total. The van der Waals surface area contributed by atoms with Crippen LogP contribution in [0, 0.1) is 5.41 Å². The third kappa shape index (κ3) is 12.2. The first kappa shape index (κ1) is 19.7. The molecule has 0 aromatic rings. The van der Waals surface area contributed by atoms with Crippen LogP contribution < -0.4 is 21.7 Å². The molecule has 0 spiro atoms. The lowest BCUT2D eigenvalue weighted by Gasteiger charge is -2.28. The summed E-state index contributed by atoms with van der Waals surface area (Å²) >= 11 is 0. The highest BCUT2D eigenvalue weighted by atomic mass is 16.2. The van der Waals surface area contributed by atoms with E-state index in [1.807, 2.05) is 0 Å². The van der Waals surface area contributed by atoms with Crippen molar-refractivity contribution in [3.63, 3.8) is 0 Å². The topological polar surface area (TPSA) is 103 Å². The summed E-state index contributed by atoms with van der Waals surface area (Å²) in [4.78, 5) is 12.3. The normalized spacial score (nSPS) is 12.8. The van der Waals surface area contributed by atoms with Crippen LogP contribution in [-0.2, 0) is 4.79 Å². The van der Waals surface area contributed by atoms with Crippen molar-refractivity contribution in [1.29, 1.82) is 5.41 Å². The highest BCUT2D eigenvalue weighted by Gasteiger charge is 2.22. The Morgan fingerprint density at radius 1 is 1.14 bits per heavy atom. The smallest absolute Gasteiger partial charge is 0.237 e. The van der Waals surface area contributed by atoms with Crippen LogP contribution in [0.1, 0.15) is 59.8 Å². The number of carbonyl (C=O) groups excluding carboxylic acids is 1. The zero-order chi connectivity index (χ0) is 16.3. The van der Waals surface area contributed by atoms with E-state index in [9.17, 15) is 4.79 Å². The molecule has 0 fully saturated rings. The predicted molar refractivity (Wildman–Crippen MR) is 88.4 cm³/mol. The fraction of sp³-hybridized carbons (Fsp3) is 0.867. The molecule has 0 aliphatic heterocycles. The molecule has 0 radical (unpaired) electrons. The van der Waals surface area contributed by atoms with Gasteiger partial charge in [-0.2, -0.15) is 0 Å². The lowest BCUT2D eigenvalue weighted by Crippen LogP contribution is -2.52. The average molecular weight is 299 g/mol. The SMILES string of the molecule is CCCCCNC(=O)[C@@H](CCCNC(=N)N)NC(C)(C)C. The molecule has 1 amide bonds. The van der Waals surface area contributed by atoms with Gasteiger partial charge >= 0.3 is 0 Å². The quantitative estimate of drug-likeness (QED) is 0.238. The zero-order valence-electron chi connectivity index (χ0n) is 14.0. The standard InChI is InChI=1S/C15H33N5O/c1-5-6-7-10-18-13(21)12(20-15(2,3)4)9-8-11-19-14(16)17/h12,20H,5-11H2,1-4H3,(H,18,21)(H4,16,17,19)/t12-/m1/s1. The van der Waals surface area contributed by atoms with Crippen molar-refractivity contribution in [2.24, 2.45) is 5.73 Å². The first-order chi connectivity index (χ1) is 9.76. The molecule has 0 aliphatic carbocycles. The summed E-state index contributed by atoms with van der Waals surface area (Å²) < 4.78 is 0. The molecule has 0 saturated heterocycles. The number of rotatable bonds is 10. The number of nitrogens with two attached hydrogens (primary N) is 1. The molecule has 124 valence electrons. The first-order valence-corrected chi connectivity index (χ1v) is 7.89. The van der Waals surface area contributed by atoms with Crippen molar-refractivity contribution in [2.75, 3.05) is 13.1 Å². The van der Waals surface area contributed by atoms with Crippen LogP contribution in [0.5, 0.6) is 0 Å². The van der Waals surface area contributed by atoms with Gasteiger partial charge in [0.05, 0.1) is 6.04 Å². The number of carbonyl (C=O) groups is 1. The molecule has 0 heterocycles. The van der Waals surface area contributed by atoms with E-state index in [4.69, 9.17) is 11.1 Å². The van der Waals surface area contributed by atoms with Gasteiger partial charge in [0.1, 0.15) is 0 Å². The van der Waals surface area contributed by atoms with E-state index < -0.39 is 0 Å². The Morgan fingerprint density at radius 2 is 1.76 bits per heavy atom. The second kappa shape index (κ2) is 10.4. The van der Waals surface area contributed by atoms with Gasteiger partial charge in [0.15, 0.2) is 5.96 Å². The Labute approximate surface area is 129 Å². The van der Waals surface area contributed by atoms with E-state index in [-0.39, 0.29) is 23.4 Å². The van der Waals surface area contributed by atoms with Gasteiger partial charge in [-0.25, -0.2) is 0 Å². The van der Waals surface area contributed by atoms with Gasteiger partial charge in [-0.3, -0.25) is 10.2 Å². The van der Waals surface area contributed by atoms with Gasteiger partial charge in [-0.05, 0) is 40.0 Å². The van der Waals surface area contributed by atoms with E-state index >= 15 is 0 Å². The predicted octanol–water partition coefficient (Wildman–Crippen LogP) is 1.31. The number of guanidine groups is 1. The molecule has 21 heavy (non-hydrogen) atoms. The Bertz CT molecular complexity index is 312. The van der Waals surface area contributed by atoms with Gasteiger partial charge < -0.3 is 21.7 Å². The summed E-state index contributed by atoms with van der Waals surface area (Å²) in [5.74, 6) is 0.0307. The zero-order valence-corrected chi connectivity index (χ0v) is 14.0. The lowest BCUT2D eigenvalue weighted by atomic mass is 10.0. The Morgan fingerprint density at radius 3 is 2.29 bits per heavy atom. The van der Waals surface area contributed by atoms with Gasteiger partial charge in [0.25, 0.3) is 0 Å². The molecule has 0 unspecified atom stereocenters. The van der Waals surface area contributed by atoms with Crippen molar-refractivity contribution in [1.82, 2.24) is 16.0 Å². The van der Waals surface area contributed by atoms with Crippen molar-refractivity contribution < 1.29 is 4.79 Å². The Balaban J connectivity index is 4.23. The van der Waals surface area contributed by atoms with Gasteiger partial charge in [0, 0.05) is 18.6 Å². The summed E-state index contributed by atoms with van der Waals surface area (Å²) in [6.07, 6.45) is 4.82. The summed E-state index contributed by atoms with van der Waals surface area (Å²) in [6, 6.07) is -0.208. The molecule has 0 aromatic carbocycles. The van der Waals surface area contributed by atoms with Crippen LogP contribution in [0.15, 0.2) is 0 Å². The fourth-order valence-corrected chi connectivity index (χ4v) is 2.03. The van der Waals surface area contributed by atoms with E-state index in [1.165, 1.54) is 0 Å². The molecule has 6 heteroatoms. The summed E-state index contributed by atoms with van der Waals surface area (Å²) in [6.45, 7) is 9.66. The van der Waals surface area contributed by atoms with Gasteiger partial charge in [0.2, 0.25) is 5.91 Å². The molecule has 0 rings (SSSR count). The van der Waals surface area contributed by atoms with Crippen LogP contribution in [0.25, 0.3) is 0 Å². The van der Waals surface area contributed by atoms with Crippen molar-refractivity contribution in [3.8, 4) is 0 Å². The molecule has 6 N–H and O–H groups in total. The number of hydrogen-bond acceptors (Lipinski definition) is 3. The number of hydrogen-bond donors (Lipinski definition) is 5. The van der Waals surface area contributed by atoms with E-state index in [0.717, 1.165) is 38.6 Å². The first-order valence-electron chi connectivity index (χ1n) is 7.89. The van der Waals surface area contributed by atoms with Crippen molar-refractivity contribution in [3.05, 3.63) is 0 Å². The third-order valence-electron chi connectivity index (χ3n) is 2.99. The largest absolute Gasteiger partial charge is 0.370 e. The number of amides is 1. The van der Waals surface area contributed by atoms with Crippen LogP contribution in [0.4, 0.5) is 0 Å². The van der Waals surface area contributed by atoms with Gasteiger partial charge in [-0.15, -0.1) is 0 Å². The molecule has 0 saturated carbocycles. The molecule has 0 aliphatic rings. The lowest BCUT2D eigenvalue weighted by molar-refractivity contribution is -0.123. The average Bonchev–Trinajstić information content (AvgIpc) is 2.36. The minimum Gasteiger partial charge on any atom is -0.370 e. The summed E-state index contributed by atoms with van der Waals surface area (Å²) in [5, 5.41) is 16.2. The number of nitrogens with one attached hydrogen (secondary N) is 4. The summed E-state index contributed by atoms with van der Waals surface area (Å²) in [7, 11) is 0. The molecule has 1 atom stereocenters. The second-order valence-electron chi connectivity index (χ2n) is 6.43. The maximum Gasteiger partial charge on any atom is 0.237 e. The third-order valence-corrected chi connectivity index (χ3v) is 2.99. The fourth-order valence-electron chi connectivity index (χ4n) is 2.03. The highest BCUT2D eigenvalue weighted by Crippen LogP contribution is 2.06.